The van der Waals surface area contributed by atoms with Gasteiger partial charge in [-0.15, -0.1) is 0 Å². The van der Waals surface area contributed by atoms with Gasteiger partial charge in [0.15, 0.2) is 0 Å². The van der Waals surface area contributed by atoms with Crippen molar-refractivity contribution >= 4 is 5.91 Å². The molecule has 1 aliphatic heterocycles. The van der Waals surface area contributed by atoms with Gasteiger partial charge in [-0.25, -0.2) is 0 Å². The van der Waals surface area contributed by atoms with Crippen LogP contribution in [0.2, 0.25) is 0 Å². The summed E-state index contributed by atoms with van der Waals surface area (Å²) in [6.07, 6.45) is 0. The molecule has 0 aliphatic carbocycles. The maximum atomic E-state index is 12.3. The minimum Gasteiger partial charge on any atom is -0.466 e. The van der Waals surface area contributed by atoms with Crippen molar-refractivity contribution in [2.75, 3.05) is 32.7 Å². The molecule has 1 aromatic heterocycles. The Labute approximate surface area is 102 Å². The van der Waals surface area contributed by atoms with Gasteiger partial charge in [-0.05, 0) is 26.5 Å². The quantitative estimate of drug-likeness (QED) is 0.784. The molecule has 94 valence electrons. The fourth-order valence-corrected chi connectivity index (χ4v) is 2.28. The lowest BCUT2D eigenvalue weighted by Crippen LogP contribution is -2.48. The Balaban J connectivity index is 2.04. The molecular formula is C13H20N2O2. The van der Waals surface area contributed by atoms with E-state index in [2.05, 4.69) is 11.8 Å². The SMILES string of the molecule is CCN1CCN(C(=O)c2cc(C)oc2C)CC1. The molecule has 4 heteroatoms. The molecule has 0 saturated carbocycles. The van der Waals surface area contributed by atoms with E-state index in [0.717, 1.165) is 44.2 Å². The molecule has 0 atom stereocenters. The number of aryl methyl sites for hydroxylation is 2. The Morgan fingerprint density at radius 3 is 2.41 bits per heavy atom. The van der Waals surface area contributed by atoms with Gasteiger partial charge in [-0.1, -0.05) is 6.92 Å². The zero-order valence-electron chi connectivity index (χ0n) is 10.8. The van der Waals surface area contributed by atoms with Gasteiger partial charge in [0.25, 0.3) is 5.91 Å². The molecule has 0 N–H and O–H groups in total. The first-order valence-corrected chi connectivity index (χ1v) is 6.20. The monoisotopic (exact) mass is 236 g/mol. The molecule has 1 fully saturated rings. The number of hydrogen-bond acceptors (Lipinski definition) is 3. The number of nitrogens with zero attached hydrogens (tertiary/aromatic N) is 2. The van der Waals surface area contributed by atoms with Crippen LogP contribution in [0.1, 0.15) is 28.8 Å². The highest BCUT2D eigenvalue weighted by atomic mass is 16.3. The van der Waals surface area contributed by atoms with E-state index >= 15 is 0 Å². The highest BCUT2D eigenvalue weighted by Gasteiger charge is 2.23. The Bertz CT molecular complexity index is 404. The predicted molar refractivity (Wildman–Crippen MR) is 66.2 cm³/mol. The van der Waals surface area contributed by atoms with Gasteiger partial charge in [0.1, 0.15) is 11.5 Å². The van der Waals surface area contributed by atoms with Crippen molar-refractivity contribution in [3.8, 4) is 0 Å². The van der Waals surface area contributed by atoms with Crippen molar-refractivity contribution in [3.63, 3.8) is 0 Å². The van der Waals surface area contributed by atoms with Gasteiger partial charge in [0.05, 0.1) is 5.56 Å². The fraction of sp³-hybridized carbons (Fsp3) is 0.615. The molecule has 2 rings (SSSR count). The first kappa shape index (κ1) is 12.2. The highest BCUT2D eigenvalue weighted by Crippen LogP contribution is 2.17. The average molecular weight is 236 g/mol. The molecule has 0 radical (unpaired) electrons. The summed E-state index contributed by atoms with van der Waals surface area (Å²) in [5.74, 6) is 1.64. The third kappa shape index (κ3) is 2.52. The summed E-state index contributed by atoms with van der Waals surface area (Å²) >= 11 is 0. The van der Waals surface area contributed by atoms with Gasteiger partial charge < -0.3 is 14.2 Å². The standard InChI is InChI=1S/C13H20N2O2/c1-4-14-5-7-15(8-6-14)13(16)12-9-10(2)17-11(12)3/h9H,4-8H2,1-3H3. The second-order valence-electron chi connectivity index (χ2n) is 4.55. The number of carbonyl (C=O) groups is 1. The number of furan rings is 1. The van der Waals surface area contributed by atoms with Crippen molar-refractivity contribution in [2.45, 2.75) is 20.8 Å². The zero-order valence-corrected chi connectivity index (χ0v) is 10.8. The molecule has 1 aromatic rings. The first-order chi connectivity index (χ1) is 8.11. The summed E-state index contributed by atoms with van der Waals surface area (Å²) in [5.41, 5.74) is 0.715. The highest BCUT2D eigenvalue weighted by molar-refractivity contribution is 5.95. The van der Waals surface area contributed by atoms with Crippen LogP contribution in [-0.4, -0.2) is 48.4 Å². The molecule has 1 aliphatic rings. The third-order valence-corrected chi connectivity index (χ3v) is 3.38. The second-order valence-corrected chi connectivity index (χ2v) is 4.55. The molecular weight excluding hydrogens is 216 g/mol. The minimum atomic E-state index is 0.107. The van der Waals surface area contributed by atoms with E-state index in [-0.39, 0.29) is 5.91 Å². The van der Waals surface area contributed by atoms with E-state index in [1.54, 1.807) is 0 Å². The summed E-state index contributed by atoms with van der Waals surface area (Å²) in [4.78, 5) is 16.6. The summed E-state index contributed by atoms with van der Waals surface area (Å²) < 4.78 is 5.41. The molecule has 4 nitrogen and oxygen atoms in total. The Morgan fingerprint density at radius 1 is 1.29 bits per heavy atom. The lowest BCUT2D eigenvalue weighted by molar-refractivity contribution is 0.0641. The van der Waals surface area contributed by atoms with Gasteiger partial charge in [0.2, 0.25) is 0 Å². The predicted octanol–water partition coefficient (Wildman–Crippen LogP) is 1.67. The van der Waals surface area contributed by atoms with Crippen molar-refractivity contribution in [1.29, 1.82) is 0 Å². The van der Waals surface area contributed by atoms with E-state index in [9.17, 15) is 4.79 Å². The number of likely N-dealkylation sites (N-methyl/N-ethyl adjacent to an activating group) is 1. The molecule has 2 heterocycles. The summed E-state index contributed by atoms with van der Waals surface area (Å²) in [6, 6.07) is 1.84. The molecule has 0 spiro atoms. The minimum absolute atomic E-state index is 0.107. The van der Waals surface area contributed by atoms with Crippen molar-refractivity contribution < 1.29 is 9.21 Å². The van der Waals surface area contributed by atoms with E-state index < -0.39 is 0 Å². The van der Waals surface area contributed by atoms with Crippen LogP contribution in [0.25, 0.3) is 0 Å². The maximum absolute atomic E-state index is 12.3. The number of rotatable bonds is 2. The molecule has 0 aromatic carbocycles. The number of piperazine rings is 1. The van der Waals surface area contributed by atoms with Gasteiger partial charge in [-0.3, -0.25) is 4.79 Å². The topological polar surface area (TPSA) is 36.7 Å². The van der Waals surface area contributed by atoms with Crippen molar-refractivity contribution in [3.05, 3.63) is 23.2 Å². The van der Waals surface area contributed by atoms with Crippen LogP contribution in [0.4, 0.5) is 0 Å². The smallest absolute Gasteiger partial charge is 0.257 e. The lowest BCUT2D eigenvalue weighted by Gasteiger charge is -2.33. The van der Waals surface area contributed by atoms with Gasteiger partial charge in [0, 0.05) is 26.2 Å². The normalized spacial score (nSPS) is 17.5. The number of carbonyl (C=O) groups excluding carboxylic acids is 1. The van der Waals surface area contributed by atoms with E-state index in [0.29, 0.717) is 5.56 Å². The average Bonchev–Trinajstić information content (AvgIpc) is 2.68. The largest absolute Gasteiger partial charge is 0.466 e. The molecule has 1 amide bonds. The fourth-order valence-electron chi connectivity index (χ4n) is 2.28. The molecule has 0 unspecified atom stereocenters. The van der Waals surface area contributed by atoms with Gasteiger partial charge in [-0.2, -0.15) is 0 Å². The molecule has 0 bridgehead atoms. The van der Waals surface area contributed by atoms with Crippen molar-refractivity contribution in [2.24, 2.45) is 0 Å². The third-order valence-electron chi connectivity index (χ3n) is 3.38. The summed E-state index contributed by atoms with van der Waals surface area (Å²) in [5, 5.41) is 0. The lowest BCUT2D eigenvalue weighted by atomic mass is 10.2. The Morgan fingerprint density at radius 2 is 1.94 bits per heavy atom. The van der Waals surface area contributed by atoms with Crippen LogP contribution in [-0.2, 0) is 0 Å². The van der Waals surface area contributed by atoms with Crippen LogP contribution < -0.4 is 0 Å². The maximum Gasteiger partial charge on any atom is 0.257 e. The first-order valence-electron chi connectivity index (χ1n) is 6.20. The molecule has 17 heavy (non-hydrogen) atoms. The van der Waals surface area contributed by atoms with Crippen LogP contribution in [0, 0.1) is 13.8 Å². The van der Waals surface area contributed by atoms with Crippen LogP contribution >= 0.6 is 0 Å². The number of hydrogen-bond donors (Lipinski definition) is 0. The van der Waals surface area contributed by atoms with E-state index in [1.807, 2.05) is 24.8 Å². The Hall–Kier alpha value is -1.29. The van der Waals surface area contributed by atoms with Crippen molar-refractivity contribution in [1.82, 2.24) is 9.80 Å². The van der Waals surface area contributed by atoms with Gasteiger partial charge >= 0.3 is 0 Å². The van der Waals surface area contributed by atoms with E-state index in [1.165, 1.54) is 0 Å². The number of amides is 1. The summed E-state index contributed by atoms with van der Waals surface area (Å²) in [6.45, 7) is 10.5. The van der Waals surface area contributed by atoms with Crippen LogP contribution in [0.15, 0.2) is 10.5 Å². The Kier molecular flexibility index (Phi) is 3.52. The van der Waals surface area contributed by atoms with Crippen LogP contribution in [0.3, 0.4) is 0 Å². The van der Waals surface area contributed by atoms with E-state index in [4.69, 9.17) is 4.42 Å². The second kappa shape index (κ2) is 4.92. The van der Waals surface area contributed by atoms with Crippen LogP contribution in [0.5, 0.6) is 0 Å². The molecule has 1 saturated heterocycles. The summed E-state index contributed by atoms with van der Waals surface area (Å²) in [7, 11) is 0. The zero-order chi connectivity index (χ0) is 12.4.